The van der Waals surface area contributed by atoms with Crippen LogP contribution in [0.2, 0.25) is 0 Å². The molecule has 0 unspecified atom stereocenters. The van der Waals surface area contributed by atoms with Crippen molar-refractivity contribution in [2.45, 2.75) is 0 Å². The van der Waals surface area contributed by atoms with Gasteiger partial charge in [0.05, 0.1) is 16.6 Å². The van der Waals surface area contributed by atoms with Crippen molar-refractivity contribution < 1.29 is 9.53 Å². The highest BCUT2D eigenvalue weighted by Gasteiger charge is 2.14. The topological polar surface area (TPSA) is 39.2 Å². The minimum Gasteiger partial charge on any atom is -0.421 e. The predicted octanol–water partition coefficient (Wildman–Crippen LogP) is 4.61. The van der Waals surface area contributed by atoms with Crippen LogP contribution in [0.3, 0.4) is 0 Å². The molecule has 0 aliphatic carbocycles. The molecule has 0 aliphatic heterocycles. The van der Waals surface area contributed by atoms with Crippen LogP contribution in [0.4, 0.5) is 0 Å². The maximum Gasteiger partial charge on any atom is 0.343 e. The Bertz CT molecular complexity index is 956. The van der Waals surface area contributed by atoms with Crippen LogP contribution in [0, 0.1) is 0 Å². The van der Waals surface area contributed by atoms with Gasteiger partial charge in [-0.15, -0.1) is 0 Å². The van der Waals surface area contributed by atoms with Gasteiger partial charge in [0.1, 0.15) is 5.75 Å². The van der Waals surface area contributed by atoms with Crippen molar-refractivity contribution in [3.8, 4) is 5.75 Å². The quantitative estimate of drug-likeness (QED) is 0.401. The standard InChI is InChI=1S/C20H13NO2/c22-20(14-8-2-1-3-9-14)23-19-15-10-4-6-12-17(15)21-18-13-7-5-11-16(18)19/h1-13H. The van der Waals surface area contributed by atoms with Gasteiger partial charge in [-0.1, -0.05) is 42.5 Å². The summed E-state index contributed by atoms with van der Waals surface area (Å²) in [6, 6.07) is 24.3. The van der Waals surface area contributed by atoms with Gasteiger partial charge in [-0.2, -0.15) is 0 Å². The van der Waals surface area contributed by atoms with Crippen molar-refractivity contribution in [1.29, 1.82) is 0 Å². The molecule has 110 valence electrons. The van der Waals surface area contributed by atoms with Crippen molar-refractivity contribution in [3.05, 3.63) is 84.4 Å². The normalized spacial score (nSPS) is 10.8. The summed E-state index contributed by atoms with van der Waals surface area (Å²) >= 11 is 0. The number of rotatable bonds is 2. The fraction of sp³-hybridized carbons (Fsp3) is 0. The first-order valence-electron chi connectivity index (χ1n) is 7.37. The molecule has 4 rings (SSSR count). The number of fused-ring (bicyclic) bond motifs is 2. The molecule has 0 saturated carbocycles. The van der Waals surface area contributed by atoms with Crippen LogP contribution in [-0.4, -0.2) is 11.0 Å². The van der Waals surface area contributed by atoms with Gasteiger partial charge >= 0.3 is 5.97 Å². The molecule has 1 heterocycles. The number of carbonyl (C=O) groups is 1. The van der Waals surface area contributed by atoms with Crippen LogP contribution in [0.5, 0.6) is 5.75 Å². The van der Waals surface area contributed by atoms with Crippen LogP contribution in [-0.2, 0) is 0 Å². The molecule has 0 radical (unpaired) electrons. The van der Waals surface area contributed by atoms with E-state index in [9.17, 15) is 4.79 Å². The lowest BCUT2D eigenvalue weighted by molar-refractivity contribution is 0.0739. The van der Waals surface area contributed by atoms with Gasteiger partial charge < -0.3 is 4.74 Å². The monoisotopic (exact) mass is 299 g/mol. The molecule has 0 fully saturated rings. The molecule has 23 heavy (non-hydrogen) atoms. The maximum atomic E-state index is 12.5. The molecule has 3 aromatic carbocycles. The molecule has 0 amide bonds. The number of hydrogen-bond donors (Lipinski definition) is 0. The Morgan fingerprint density at radius 3 is 1.83 bits per heavy atom. The lowest BCUT2D eigenvalue weighted by atomic mass is 10.1. The van der Waals surface area contributed by atoms with E-state index in [-0.39, 0.29) is 5.97 Å². The Morgan fingerprint density at radius 1 is 0.696 bits per heavy atom. The molecule has 0 atom stereocenters. The second-order valence-corrected chi connectivity index (χ2v) is 5.23. The van der Waals surface area contributed by atoms with E-state index in [2.05, 4.69) is 4.98 Å². The molecule has 0 aliphatic rings. The minimum absolute atomic E-state index is 0.368. The van der Waals surface area contributed by atoms with Gasteiger partial charge in [0.25, 0.3) is 0 Å². The second kappa shape index (κ2) is 5.54. The smallest absolute Gasteiger partial charge is 0.343 e. The molecule has 3 heteroatoms. The zero-order chi connectivity index (χ0) is 15.6. The minimum atomic E-state index is -0.368. The zero-order valence-electron chi connectivity index (χ0n) is 12.3. The molecule has 4 aromatic rings. The largest absolute Gasteiger partial charge is 0.421 e. The van der Waals surface area contributed by atoms with Gasteiger partial charge in [-0.3, -0.25) is 0 Å². The highest BCUT2D eigenvalue weighted by molar-refractivity contribution is 6.04. The first kappa shape index (κ1) is 13.5. The first-order chi connectivity index (χ1) is 11.3. The highest BCUT2D eigenvalue weighted by Crippen LogP contribution is 2.33. The summed E-state index contributed by atoms with van der Waals surface area (Å²) in [6.45, 7) is 0. The van der Waals surface area contributed by atoms with E-state index in [0.717, 1.165) is 21.8 Å². The molecule has 0 saturated heterocycles. The van der Waals surface area contributed by atoms with Crippen LogP contribution >= 0.6 is 0 Å². The number of benzene rings is 3. The molecule has 1 aromatic heterocycles. The van der Waals surface area contributed by atoms with E-state index in [1.807, 2.05) is 66.7 Å². The molecule has 0 spiro atoms. The first-order valence-corrected chi connectivity index (χ1v) is 7.37. The van der Waals surface area contributed by atoms with E-state index < -0.39 is 0 Å². The van der Waals surface area contributed by atoms with Crippen molar-refractivity contribution in [2.75, 3.05) is 0 Å². The van der Waals surface area contributed by atoms with Crippen LogP contribution in [0.25, 0.3) is 21.8 Å². The number of pyridine rings is 1. The van der Waals surface area contributed by atoms with Gasteiger partial charge in [-0.05, 0) is 36.4 Å². The number of carbonyl (C=O) groups excluding carboxylic acids is 1. The number of nitrogens with zero attached hydrogens (tertiary/aromatic N) is 1. The Kier molecular flexibility index (Phi) is 3.24. The summed E-state index contributed by atoms with van der Waals surface area (Å²) in [6.07, 6.45) is 0. The van der Waals surface area contributed by atoms with Crippen LogP contribution < -0.4 is 4.74 Å². The van der Waals surface area contributed by atoms with E-state index in [1.165, 1.54) is 0 Å². The maximum absolute atomic E-state index is 12.5. The average molecular weight is 299 g/mol. The lowest BCUT2D eigenvalue weighted by Crippen LogP contribution is -2.09. The summed E-state index contributed by atoms with van der Waals surface area (Å²) in [5.41, 5.74) is 2.14. The Hall–Kier alpha value is -3.20. The molecule has 0 N–H and O–H groups in total. The molecular weight excluding hydrogens is 286 g/mol. The van der Waals surface area contributed by atoms with Crippen molar-refractivity contribution in [1.82, 2.24) is 4.98 Å². The summed E-state index contributed by atoms with van der Waals surface area (Å²) in [5, 5.41) is 1.66. The molecule has 0 bridgehead atoms. The number of aromatic nitrogens is 1. The Morgan fingerprint density at radius 2 is 1.22 bits per heavy atom. The number of hydrogen-bond acceptors (Lipinski definition) is 3. The lowest BCUT2D eigenvalue weighted by Gasteiger charge is -2.11. The summed E-state index contributed by atoms with van der Waals surface area (Å²) in [5.74, 6) is 0.187. The number of para-hydroxylation sites is 2. The van der Waals surface area contributed by atoms with Crippen molar-refractivity contribution >= 4 is 27.8 Å². The average Bonchev–Trinajstić information content (AvgIpc) is 2.62. The fourth-order valence-electron chi connectivity index (χ4n) is 2.64. The van der Waals surface area contributed by atoms with Crippen molar-refractivity contribution in [2.24, 2.45) is 0 Å². The second-order valence-electron chi connectivity index (χ2n) is 5.23. The van der Waals surface area contributed by atoms with Gasteiger partial charge in [0.2, 0.25) is 0 Å². The summed E-state index contributed by atoms with van der Waals surface area (Å²) in [7, 11) is 0. The number of esters is 1. The predicted molar refractivity (Wildman–Crippen MR) is 90.6 cm³/mol. The van der Waals surface area contributed by atoms with Gasteiger partial charge in [0, 0.05) is 10.8 Å². The SMILES string of the molecule is O=C(Oc1c2ccccc2nc2ccccc12)c1ccccc1. The molecular formula is C20H13NO2. The molecule has 3 nitrogen and oxygen atoms in total. The number of ether oxygens (including phenoxy) is 1. The van der Waals surface area contributed by atoms with E-state index >= 15 is 0 Å². The zero-order valence-corrected chi connectivity index (χ0v) is 12.3. The van der Waals surface area contributed by atoms with E-state index in [4.69, 9.17) is 4.74 Å². The summed E-state index contributed by atoms with van der Waals surface area (Å²) in [4.78, 5) is 17.1. The third kappa shape index (κ3) is 2.42. The Balaban J connectivity index is 1.91. The van der Waals surface area contributed by atoms with Gasteiger partial charge in [-0.25, -0.2) is 9.78 Å². The van der Waals surface area contributed by atoms with Gasteiger partial charge in [0.15, 0.2) is 0 Å². The third-order valence-corrected chi connectivity index (χ3v) is 3.74. The fourth-order valence-corrected chi connectivity index (χ4v) is 2.64. The third-order valence-electron chi connectivity index (χ3n) is 3.74. The van der Waals surface area contributed by atoms with E-state index in [0.29, 0.717) is 11.3 Å². The highest BCUT2D eigenvalue weighted by atomic mass is 16.5. The van der Waals surface area contributed by atoms with Crippen molar-refractivity contribution in [3.63, 3.8) is 0 Å². The van der Waals surface area contributed by atoms with E-state index in [1.54, 1.807) is 12.1 Å². The van der Waals surface area contributed by atoms with Crippen LogP contribution in [0.1, 0.15) is 10.4 Å². The van der Waals surface area contributed by atoms with Crippen LogP contribution in [0.15, 0.2) is 78.9 Å². The summed E-state index contributed by atoms with van der Waals surface area (Å²) < 4.78 is 5.75. The Labute approximate surface area is 133 Å².